The van der Waals surface area contributed by atoms with Crippen molar-refractivity contribution in [3.63, 3.8) is 0 Å². The number of aliphatic hydroxyl groups is 4. The summed E-state index contributed by atoms with van der Waals surface area (Å²) in [6.07, 6.45) is -7.22. The molecule has 0 atom stereocenters. The van der Waals surface area contributed by atoms with Crippen LogP contribution in [-0.2, 0) is 0 Å². The zero-order valence-corrected chi connectivity index (χ0v) is 26.9. The zero-order chi connectivity index (χ0) is 42.4. The van der Waals surface area contributed by atoms with Crippen LogP contribution in [0.15, 0.2) is 0 Å². The van der Waals surface area contributed by atoms with Gasteiger partial charge in [-0.1, -0.05) is 0 Å². The maximum atomic E-state index is 15.4. The van der Waals surface area contributed by atoms with Crippen molar-refractivity contribution in [1.29, 1.82) is 0 Å². The fourth-order valence-corrected chi connectivity index (χ4v) is 4.87. The molecule has 4 aromatic carbocycles. The molecule has 0 aliphatic rings. The number of hydrogen-bond donors (Lipinski definition) is 4. The van der Waals surface area contributed by atoms with Crippen LogP contribution in [0.2, 0.25) is 0 Å². The van der Waals surface area contributed by atoms with Crippen LogP contribution in [0.5, 0.6) is 0 Å². The first-order valence-electron chi connectivity index (χ1n) is 12.7. The molecular formula is C28H16BF20LiO4. The molecule has 4 rings (SSSR count). The van der Waals surface area contributed by atoms with Crippen LogP contribution in [0.25, 0.3) is 0 Å². The third-order valence-corrected chi connectivity index (χ3v) is 6.71. The molecule has 4 nitrogen and oxygen atoms in total. The number of halogens is 20. The number of benzene rings is 4. The normalized spacial score (nSPS) is 10.4. The van der Waals surface area contributed by atoms with E-state index in [2.05, 4.69) is 0 Å². The predicted molar refractivity (Wildman–Crippen MR) is 142 cm³/mol. The maximum absolute atomic E-state index is 15.4. The SMILES string of the molecule is CO.CO.CO.CO.Fc1c(F)c(F)c([B-](c2c(F)c(F)c(F)c(F)c2F)(c2c(F)c(F)c(F)c(F)c2F)c2c(F)c(F)c(F)c(F)c2F)c(F)c1F.[Li+]. The van der Waals surface area contributed by atoms with Gasteiger partial charge >= 0.3 is 18.9 Å². The molecule has 4 N–H and O–H groups in total. The van der Waals surface area contributed by atoms with Crippen molar-refractivity contribution in [2.45, 2.75) is 0 Å². The molecule has 0 saturated carbocycles. The predicted octanol–water partition coefficient (Wildman–Crippen LogP) is 1.28. The minimum atomic E-state index is -7.22. The quantitative estimate of drug-likeness (QED) is 0.109. The van der Waals surface area contributed by atoms with Crippen molar-refractivity contribution in [3.05, 3.63) is 116 Å². The zero-order valence-electron chi connectivity index (χ0n) is 26.9. The summed E-state index contributed by atoms with van der Waals surface area (Å²) in [5.41, 5.74) is -14.3. The second kappa shape index (κ2) is 20.6. The molecule has 54 heavy (non-hydrogen) atoms. The van der Waals surface area contributed by atoms with Crippen molar-refractivity contribution in [2.24, 2.45) is 0 Å². The fourth-order valence-electron chi connectivity index (χ4n) is 4.87. The number of rotatable bonds is 4. The van der Waals surface area contributed by atoms with Gasteiger partial charge in [-0.05, 0) is 0 Å². The molecule has 0 radical (unpaired) electrons. The van der Waals surface area contributed by atoms with E-state index in [1.54, 1.807) is 0 Å². The monoisotopic (exact) mass is 814 g/mol. The van der Waals surface area contributed by atoms with Crippen molar-refractivity contribution >= 4 is 28.0 Å². The van der Waals surface area contributed by atoms with E-state index in [9.17, 15) is 52.7 Å². The molecule has 0 aliphatic heterocycles. The van der Waals surface area contributed by atoms with Gasteiger partial charge in [0.25, 0.3) is 0 Å². The van der Waals surface area contributed by atoms with Crippen molar-refractivity contribution in [1.82, 2.24) is 0 Å². The molecule has 0 aliphatic carbocycles. The first-order chi connectivity index (χ1) is 24.7. The van der Waals surface area contributed by atoms with Crippen molar-refractivity contribution in [2.75, 3.05) is 28.4 Å². The second-order valence-corrected chi connectivity index (χ2v) is 8.80. The fraction of sp³-hybridized carbons (Fsp3) is 0.143. The van der Waals surface area contributed by atoms with E-state index in [1.165, 1.54) is 0 Å². The molecule has 0 saturated heterocycles. The minimum Gasteiger partial charge on any atom is -0.400 e. The van der Waals surface area contributed by atoms with Crippen LogP contribution < -0.4 is 40.7 Å². The van der Waals surface area contributed by atoms with E-state index >= 15 is 35.1 Å². The summed E-state index contributed by atoms with van der Waals surface area (Å²) >= 11 is 0. The van der Waals surface area contributed by atoms with Gasteiger partial charge in [0, 0.05) is 28.4 Å². The van der Waals surface area contributed by atoms with Crippen LogP contribution in [0.4, 0.5) is 87.8 Å². The second-order valence-electron chi connectivity index (χ2n) is 8.80. The molecular weight excluding hydrogens is 798 g/mol. The Morgan fingerprint density at radius 1 is 0.204 bits per heavy atom. The van der Waals surface area contributed by atoms with E-state index in [0.717, 1.165) is 28.4 Å². The van der Waals surface area contributed by atoms with Crippen molar-refractivity contribution < 1.29 is 127 Å². The molecule has 0 amide bonds. The van der Waals surface area contributed by atoms with E-state index in [0.29, 0.717) is 0 Å². The first kappa shape index (κ1) is 52.1. The average molecular weight is 814 g/mol. The third kappa shape index (κ3) is 7.87. The van der Waals surface area contributed by atoms with Gasteiger partial charge in [0.1, 0.15) is 52.7 Å². The Hall–Kier alpha value is -4.02. The average Bonchev–Trinajstić information content (AvgIpc) is 3.17. The first-order valence-corrected chi connectivity index (χ1v) is 12.7. The standard InChI is InChI=1S/C24BF20.4CH4O.Li/c26-5-1(6(27)14(35)21(42)13(5)34)25(2-7(28)15(36)22(43)16(37)8(2)29,3-9(30)17(38)23(44)18(39)10(3)31)4-11(32)19(40)24(45)20(41)12(4)33;4*1-2;/h;4*2H,1H3;/q-1;;;;;+1. The summed E-state index contributed by atoms with van der Waals surface area (Å²) in [6, 6.07) is 0. The van der Waals surface area contributed by atoms with E-state index in [-0.39, 0.29) is 18.9 Å². The van der Waals surface area contributed by atoms with Crippen LogP contribution in [0, 0.1) is 116 Å². The van der Waals surface area contributed by atoms with Gasteiger partial charge in [0.15, 0.2) is 69.8 Å². The van der Waals surface area contributed by atoms with Crippen LogP contribution in [-0.4, -0.2) is 55.0 Å². The molecule has 296 valence electrons. The molecule has 0 aromatic heterocycles. The Kier molecular flexibility index (Phi) is 19.9. The maximum Gasteiger partial charge on any atom is 1.00 e. The molecule has 0 fully saturated rings. The summed E-state index contributed by atoms with van der Waals surface area (Å²) in [4.78, 5) is 0. The van der Waals surface area contributed by atoms with Crippen LogP contribution in [0.3, 0.4) is 0 Å². The van der Waals surface area contributed by atoms with Gasteiger partial charge in [-0.15, -0.1) is 21.9 Å². The number of hydrogen-bond acceptors (Lipinski definition) is 4. The van der Waals surface area contributed by atoms with Gasteiger partial charge in [-0.3, -0.25) is 0 Å². The summed E-state index contributed by atoms with van der Waals surface area (Å²) in [5, 5.41) is 28.0. The van der Waals surface area contributed by atoms with E-state index < -0.39 is 144 Å². The molecule has 0 bridgehead atoms. The summed E-state index contributed by atoms with van der Waals surface area (Å²) in [6.45, 7) is 0. The van der Waals surface area contributed by atoms with Crippen molar-refractivity contribution in [3.8, 4) is 0 Å². The number of aliphatic hydroxyl groups excluding tert-OH is 4. The van der Waals surface area contributed by atoms with Crippen LogP contribution in [0.1, 0.15) is 0 Å². The topological polar surface area (TPSA) is 80.9 Å². The summed E-state index contributed by atoms with van der Waals surface area (Å²) < 4.78 is 294. The van der Waals surface area contributed by atoms with Gasteiger partial charge in [0.2, 0.25) is 0 Å². The molecule has 0 heterocycles. The Bertz CT molecular complexity index is 1600. The Morgan fingerprint density at radius 2 is 0.278 bits per heavy atom. The molecule has 0 spiro atoms. The summed E-state index contributed by atoms with van der Waals surface area (Å²) in [5.74, 6) is -71.4. The van der Waals surface area contributed by atoms with Gasteiger partial charge in [0.05, 0.1) is 0 Å². The smallest absolute Gasteiger partial charge is 0.400 e. The molecule has 0 unspecified atom stereocenters. The minimum absolute atomic E-state index is 0. The van der Waals surface area contributed by atoms with Gasteiger partial charge < -0.3 is 20.4 Å². The molecule has 26 heteroatoms. The van der Waals surface area contributed by atoms with E-state index in [1.807, 2.05) is 0 Å². The Balaban J connectivity index is 0. The molecule has 4 aromatic rings. The largest absolute Gasteiger partial charge is 1.00 e. The van der Waals surface area contributed by atoms with E-state index in [4.69, 9.17) is 20.4 Å². The Labute approximate surface area is 300 Å². The van der Waals surface area contributed by atoms with Gasteiger partial charge in [-0.25, -0.2) is 87.8 Å². The summed E-state index contributed by atoms with van der Waals surface area (Å²) in [7, 11) is 4.00. The Morgan fingerprint density at radius 3 is 0.370 bits per heavy atom. The van der Waals surface area contributed by atoms with Gasteiger partial charge in [-0.2, -0.15) is 0 Å². The third-order valence-electron chi connectivity index (χ3n) is 6.71. The van der Waals surface area contributed by atoms with Crippen LogP contribution >= 0.6 is 0 Å².